The molecule has 0 aliphatic carbocycles. The van der Waals surface area contributed by atoms with E-state index in [2.05, 4.69) is 25.3 Å². The van der Waals surface area contributed by atoms with Crippen LogP contribution < -0.4 is 4.74 Å². The zero-order valence-corrected chi connectivity index (χ0v) is 16.7. The van der Waals surface area contributed by atoms with Crippen LogP contribution in [-0.4, -0.2) is 57.8 Å². The summed E-state index contributed by atoms with van der Waals surface area (Å²) in [7, 11) is 4.81. The molecule has 0 bridgehead atoms. The summed E-state index contributed by atoms with van der Waals surface area (Å²) in [4.78, 5) is 9.10. The van der Waals surface area contributed by atoms with E-state index in [0.717, 1.165) is 34.0 Å². The van der Waals surface area contributed by atoms with Crippen molar-refractivity contribution >= 4 is 0 Å². The number of methoxy groups -OCH3 is 3. The van der Waals surface area contributed by atoms with Crippen molar-refractivity contribution < 1.29 is 18.7 Å². The maximum absolute atomic E-state index is 5.42. The van der Waals surface area contributed by atoms with Crippen molar-refractivity contribution in [2.45, 2.75) is 12.5 Å². The zero-order chi connectivity index (χ0) is 20.7. The van der Waals surface area contributed by atoms with Gasteiger partial charge in [-0.25, -0.2) is 4.98 Å². The van der Waals surface area contributed by atoms with E-state index < -0.39 is 6.10 Å². The molecule has 0 radical (unpaired) electrons. The van der Waals surface area contributed by atoms with Crippen LogP contribution in [0.5, 0.6) is 5.75 Å². The third-order valence-corrected chi connectivity index (χ3v) is 5.21. The number of ether oxygens (including phenoxy) is 3. The van der Waals surface area contributed by atoms with E-state index in [0.29, 0.717) is 30.4 Å². The third kappa shape index (κ3) is 2.88. The Bertz CT molecular complexity index is 1190. The average Bonchev–Trinajstić information content (AvgIpc) is 3.50. The van der Waals surface area contributed by atoms with Crippen molar-refractivity contribution in [3.8, 4) is 34.2 Å². The molecule has 0 saturated heterocycles. The highest BCUT2D eigenvalue weighted by molar-refractivity contribution is 5.77. The monoisotopic (exact) mass is 408 g/mol. The molecule has 4 aromatic rings. The Morgan fingerprint density at radius 1 is 1.27 bits per heavy atom. The molecule has 1 aliphatic heterocycles. The summed E-state index contributed by atoms with van der Waals surface area (Å²) in [5, 5.41) is 11.5. The summed E-state index contributed by atoms with van der Waals surface area (Å²) in [6.07, 6.45) is 3.76. The molecular formula is C20H20N6O4. The summed E-state index contributed by atoms with van der Waals surface area (Å²) in [5.41, 5.74) is 5.53. The first-order valence-electron chi connectivity index (χ1n) is 9.36. The van der Waals surface area contributed by atoms with Gasteiger partial charge in [0.25, 0.3) is 5.89 Å². The maximum atomic E-state index is 5.42. The van der Waals surface area contributed by atoms with Crippen LogP contribution >= 0.6 is 0 Å². The lowest BCUT2D eigenvalue weighted by atomic mass is 10.0. The van der Waals surface area contributed by atoms with Crippen LogP contribution in [0.25, 0.3) is 28.5 Å². The number of hydrogen-bond acceptors (Lipinski definition) is 8. The lowest BCUT2D eigenvalue weighted by Gasteiger charge is -2.11. The van der Waals surface area contributed by atoms with E-state index in [4.69, 9.17) is 18.7 Å². The number of fused-ring (bicyclic) bond motifs is 5. The highest BCUT2D eigenvalue weighted by Gasteiger charge is 2.27. The minimum atomic E-state index is -0.439. The first-order chi connectivity index (χ1) is 14.7. The van der Waals surface area contributed by atoms with Gasteiger partial charge >= 0.3 is 0 Å². The molecule has 5 rings (SSSR count). The number of rotatable bonds is 6. The summed E-state index contributed by atoms with van der Waals surface area (Å²) in [6, 6.07) is 5.91. The van der Waals surface area contributed by atoms with Crippen LogP contribution in [0.15, 0.2) is 35.2 Å². The van der Waals surface area contributed by atoms with Gasteiger partial charge in [0, 0.05) is 31.8 Å². The molecule has 0 saturated carbocycles. The van der Waals surface area contributed by atoms with Crippen LogP contribution in [0, 0.1) is 0 Å². The van der Waals surface area contributed by atoms with Crippen molar-refractivity contribution in [3.05, 3.63) is 47.9 Å². The maximum Gasteiger partial charge on any atom is 0.258 e. The fraction of sp³-hybridized carbons (Fsp3) is 0.300. The number of nitrogens with zero attached hydrogens (tertiary/aromatic N) is 5. The van der Waals surface area contributed by atoms with Crippen LogP contribution in [0.3, 0.4) is 0 Å². The average molecular weight is 408 g/mol. The fourth-order valence-corrected chi connectivity index (χ4v) is 3.70. The Labute approximate surface area is 171 Å². The van der Waals surface area contributed by atoms with Crippen molar-refractivity contribution in [1.82, 2.24) is 29.9 Å². The van der Waals surface area contributed by atoms with Gasteiger partial charge in [-0.15, -0.1) is 0 Å². The van der Waals surface area contributed by atoms with Crippen LogP contribution in [-0.2, 0) is 15.9 Å². The molecule has 30 heavy (non-hydrogen) atoms. The van der Waals surface area contributed by atoms with Crippen molar-refractivity contribution in [1.29, 1.82) is 0 Å². The molecule has 3 aromatic heterocycles. The van der Waals surface area contributed by atoms with Gasteiger partial charge in [-0.1, -0.05) is 5.16 Å². The highest BCUT2D eigenvalue weighted by Crippen LogP contribution is 2.38. The Morgan fingerprint density at radius 3 is 2.97 bits per heavy atom. The number of aromatic amines is 1. The van der Waals surface area contributed by atoms with E-state index in [1.165, 1.54) is 0 Å². The molecule has 0 amide bonds. The minimum absolute atomic E-state index is 0.313. The van der Waals surface area contributed by atoms with Gasteiger partial charge in [-0.05, 0) is 18.2 Å². The Morgan fingerprint density at radius 2 is 2.17 bits per heavy atom. The van der Waals surface area contributed by atoms with E-state index in [-0.39, 0.29) is 0 Å². The first-order valence-corrected chi connectivity index (χ1v) is 9.36. The molecule has 0 fully saturated rings. The van der Waals surface area contributed by atoms with Crippen LogP contribution in [0.4, 0.5) is 0 Å². The second-order valence-corrected chi connectivity index (χ2v) is 6.88. The van der Waals surface area contributed by atoms with Gasteiger partial charge in [-0.3, -0.25) is 5.10 Å². The molecule has 1 atom stereocenters. The fourth-order valence-electron chi connectivity index (χ4n) is 3.70. The molecule has 1 N–H and O–H groups in total. The van der Waals surface area contributed by atoms with E-state index >= 15 is 0 Å². The number of H-pyrrole nitrogens is 1. The van der Waals surface area contributed by atoms with Crippen LogP contribution in [0.2, 0.25) is 0 Å². The summed E-state index contributed by atoms with van der Waals surface area (Å²) in [5.74, 6) is 1.52. The number of nitrogens with one attached hydrogen (secondary N) is 1. The van der Waals surface area contributed by atoms with E-state index in [1.807, 2.05) is 29.0 Å². The molecule has 4 heterocycles. The first kappa shape index (κ1) is 18.5. The molecule has 0 spiro atoms. The molecule has 10 heteroatoms. The van der Waals surface area contributed by atoms with Gasteiger partial charge in [0.05, 0.1) is 37.0 Å². The third-order valence-electron chi connectivity index (χ3n) is 5.21. The second-order valence-electron chi connectivity index (χ2n) is 6.88. The Kier molecular flexibility index (Phi) is 4.57. The number of aromatic nitrogens is 6. The lowest BCUT2D eigenvalue weighted by molar-refractivity contribution is 0.00809. The van der Waals surface area contributed by atoms with Crippen molar-refractivity contribution in [3.63, 3.8) is 0 Å². The van der Waals surface area contributed by atoms with Gasteiger partial charge in [-0.2, -0.15) is 10.1 Å². The predicted octanol–water partition coefficient (Wildman–Crippen LogP) is 2.56. The minimum Gasteiger partial charge on any atom is -0.497 e. The molecule has 154 valence electrons. The molecule has 1 aromatic carbocycles. The van der Waals surface area contributed by atoms with Crippen molar-refractivity contribution in [2.75, 3.05) is 27.9 Å². The van der Waals surface area contributed by atoms with Gasteiger partial charge < -0.3 is 23.3 Å². The predicted molar refractivity (Wildman–Crippen MR) is 105 cm³/mol. The second kappa shape index (κ2) is 7.39. The zero-order valence-electron chi connectivity index (χ0n) is 16.7. The largest absolute Gasteiger partial charge is 0.497 e. The Balaban J connectivity index is 1.63. The number of hydrogen-bond donors (Lipinski definition) is 1. The van der Waals surface area contributed by atoms with Crippen molar-refractivity contribution in [2.24, 2.45) is 0 Å². The smallest absolute Gasteiger partial charge is 0.258 e. The quantitative estimate of drug-likeness (QED) is 0.456. The molecule has 10 nitrogen and oxygen atoms in total. The van der Waals surface area contributed by atoms with Gasteiger partial charge in [0.1, 0.15) is 17.8 Å². The van der Waals surface area contributed by atoms with Crippen LogP contribution in [0.1, 0.15) is 23.3 Å². The Hall–Kier alpha value is -3.50. The number of benzene rings is 1. The topological polar surface area (TPSA) is 113 Å². The summed E-state index contributed by atoms with van der Waals surface area (Å²) < 4.78 is 23.4. The van der Waals surface area contributed by atoms with E-state index in [9.17, 15) is 0 Å². The molecular weight excluding hydrogens is 388 g/mol. The van der Waals surface area contributed by atoms with E-state index in [1.54, 1.807) is 27.7 Å². The van der Waals surface area contributed by atoms with Gasteiger partial charge in [0.2, 0.25) is 5.82 Å². The van der Waals surface area contributed by atoms with Gasteiger partial charge in [0.15, 0.2) is 6.10 Å². The standard InChI is InChI=1S/C20H20N6O4/c1-27-9-16(29-3)20-23-19(25-30-20)18-15-6-11-8-22-24-17(11)13-7-12(28-2)4-5-14(13)26(15)10-21-18/h4-5,7-8,10,16H,6,9H2,1-3H3,(H,22,24). The molecule has 1 aliphatic rings. The summed E-state index contributed by atoms with van der Waals surface area (Å²) in [6.45, 7) is 0.313. The SMILES string of the molecule is COCC(OC)c1nc(-c2ncn3c2Cc2cn[nH]c2-c2cc(OC)ccc2-3)no1. The lowest BCUT2D eigenvalue weighted by Crippen LogP contribution is -2.08. The number of imidazole rings is 1. The summed E-state index contributed by atoms with van der Waals surface area (Å²) >= 11 is 0. The normalized spacial score (nSPS) is 13.3. The highest BCUT2D eigenvalue weighted by atomic mass is 16.5. The molecule has 1 unspecified atom stereocenters.